The number of rotatable bonds is 21. The van der Waals surface area contributed by atoms with E-state index in [2.05, 4.69) is 40.7 Å². The molecule has 14 aliphatic rings. The molecule has 9 aliphatic heterocycles. The first-order valence-electron chi connectivity index (χ1n) is 42.9. The molecule has 13 fully saturated rings. The van der Waals surface area contributed by atoms with Crippen LogP contribution in [0.25, 0.3) is 0 Å². The lowest BCUT2D eigenvalue weighted by Crippen LogP contribution is -2.71. The number of carbonyl (C=O) groups is 1. The van der Waals surface area contributed by atoms with Crippen molar-refractivity contribution in [2.24, 2.45) is 44.8 Å². The lowest BCUT2D eigenvalue weighted by atomic mass is 9.34. The maximum atomic E-state index is 13.4. The van der Waals surface area contributed by atoms with Gasteiger partial charge in [0.1, 0.15) is 183 Å². The van der Waals surface area contributed by atoms with E-state index in [0.717, 1.165) is 12.0 Å². The summed E-state index contributed by atoms with van der Waals surface area (Å²) in [5, 5.41) is 275. The van der Waals surface area contributed by atoms with E-state index < -0.39 is 342 Å². The van der Waals surface area contributed by atoms with Crippen molar-refractivity contribution in [3.05, 3.63) is 11.6 Å². The van der Waals surface area contributed by atoms with Gasteiger partial charge in [-0.15, -0.1) is 0 Å². The first kappa shape index (κ1) is 96.6. The fraction of sp³-hybridized carbons (Fsp3) is 0.963. The largest absolute Gasteiger partial charge is 0.481 e. The molecule has 0 aromatic rings. The summed E-state index contributed by atoms with van der Waals surface area (Å²) in [5.41, 5.74) is -3.47. The van der Waals surface area contributed by atoms with Crippen molar-refractivity contribution in [2.75, 3.05) is 33.0 Å². The van der Waals surface area contributed by atoms with Crippen LogP contribution in [-0.2, 0) is 90.1 Å². The minimum Gasteiger partial charge on any atom is -0.481 e. The summed E-state index contributed by atoms with van der Waals surface area (Å²) in [6.45, 7) is 13.7. The van der Waals surface area contributed by atoms with Crippen molar-refractivity contribution in [3.8, 4) is 0 Å². The molecule has 9 heterocycles. The second-order valence-electron chi connectivity index (χ2n) is 38.5. The van der Waals surface area contributed by atoms with Crippen LogP contribution in [0.1, 0.15) is 127 Å². The van der Waals surface area contributed by atoms with Crippen LogP contribution in [0, 0.1) is 44.8 Å². The van der Waals surface area contributed by atoms with Gasteiger partial charge in [-0.2, -0.15) is 0 Å². The maximum Gasteiger partial charge on any atom is 0.310 e. The van der Waals surface area contributed by atoms with Crippen LogP contribution in [0.3, 0.4) is 0 Å². The summed E-state index contributed by atoms with van der Waals surface area (Å²) in [6, 6.07) is 0. The lowest BCUT2D eigenvalue weighted by Gasteiger charge is -2.71. The third kappa shape index (κ3) is 17.4. The molecule has 0 unspecified atom stereocenters. The maximum absolute atomic E-state index is 13.4. The van der Waals surface area contributed by atoms with E-state index in [1.54, 1.807) is 0 Å². The number of aliphatic carboxylic acids is 1. The number of ether oxygens (including phenoxy) is 18. The van der Waals surface area contributed by atoms with Gasteiger partial charge in [0.2, 0.25) is 0 Å². The van der Waals surface area contributed by atoms with Gasteiger partial charge in [-0.1, -0.05) is 46.3 Å². The van der Waals surface area contributed by atoms with Gasteiger partial charge in [0.05, 0.1) is 74.6 Å². The minimum atomic E-state index is -2.38. The van der Waals surface area contributed by atoms with Gasteiger partial charge in [0, 0.05) is 0 Å². The number of fused-ring (bicyclic) bond motifs is 7. The number of allylic oxidation sites excluding steroid dienone is 2. The van der Waals surface area contributed by atoms with Crippen LogP contribution in [0.4, 0.5) is 0 Å². The zero-order chi connectivity index (χ0) is 89.6. The van der Waals surface area contributed by atoms with E-state index in [1.165, 1.54) is 34.6 Å². The number of hydrogen-bond donors (Lipinski definition) is 24. The number of carboxylic acids is 1. The Morgan fingerprint density at radius 2 is 0.797 bits per heavy atom. The highest BCUT2D eigenvalue weighted by Crippen LogP contribution is 2.75. The number of carboxylic acid groups (broad SMARTS) is 1. The molecule has 0 amide bonds. The molecule has 43 nitrogen and oxygen atoms in total. The van der Waals surface area contributed by atoms with Crippen molar-refractivity contribution in [2.45, 2.75) is 403 Å². The molecule has 708 valence electrons. The number of aliphatic hydroxyl groups is 23. The van der Waals surface area contributed by atoms with E-state index in [4.69, 9.17) is 85.3 Å². The first-order valence-corrected chi connectivity index (χ1v) is 42.9. The first-order chi connectivity index (χ1) is 57.7. The summed E-state index contributed by atoms with van der Waals surface area (Å²) in [5.74, 6) is -1.73. The summed E-state index contributed by atoms with van der Waals surface area (Å²) >= 11 is 0. The van der Waals surface area contributed by atoms with Gasteiger partial charge in [-0.05, 0) is 132 Å². The van der Waals surface area contributed by atoms with Crippen molar-refractivity contribution in [3.63, 3.8) is 0 Å². The average molecular weight is 1780 g/mol. The molecule has 52 atom stereocenters. The molecule has 0 radical (unpaired) electrons. The summed E-state index contributed by atoms with van der Waals surface area (Å²) in [6.07, 6.45) is -76.5. The average Bonchev–Trinajstić information content (AvgIpc) is 0.672. The van der Waals surface area contributed by atoms with E-state index in [0.29, 0.717) is 44.9 Å². The highest BCUT2D eigenvalue weighted by Gasteiger charge is 2.72. The number of aliphatic hydroxyl groups excluding tert-OH is 22. The molecule has 43 heteroatoms. The Kier molecular flexibility index (Phi) is 29.0. The predicted octanol–water partition coefficient (Wildman–Crippen LogP) is -8.63. The van der Waals surface area contributed by atoms with Crippen LogP contribution in [0.2, 0.25) is 0 Å². The normalized spacial score (nSPS) is 56.4. The molecule has 24 N–H and O–H groups in total. The molecule has 0 bridgehead atoms. The van der Waals surface area contributed by atoms with Crippen molar-refractivity contribution in [1.29, 1.82) is 0 Å². The van der Waals surface area contributed by atoms with Gasteiger partial charge < -0.3 is 208 Å². The summed E-state index contributed by atoms with van der Waals surface area (Å²) in [4.78, 5) is 13.4. The van der Waals surface area contributed by atoms with Crippen molar-refractivity contribution < 1.29 is 213 Å². The van der Waals surface area contributed by atoms with E-state index in [-0.39, 0.29) is 23.7 Å². The summed E-state index contributed by atoms with van der Waals surface area (Å²) < 4.78 is 110. The second kappa shape index (κ2) is 36.9. The van der Waals surface area contributed by atoms with Crippen LogP contribution in [0.5, 0.6) is 0 Å². The Morgan fingerprint density at radius 1 is 0.374 bits per heavy atom. The van der Waals surface area contributed by atoms with Crippen LogP contribution in [0.15, 0.2) is 11.6 Å². The summed E-state index contributed by atoms with van der Waals surface area (Å²) in [7, 11) is 0. The Labute approximate surface area is 708 Å². The zero-order valence-electron chi connectivity index (χ0n) is 70.1. The highest BCUT2D eigenvalue weighted by molar-refractivity contribution is 5.76. The molecule has 0 aromatic heterocycles. The molecular weight excluding hydrogens is 1650 g/mol. The Morgan fingerprint density at radius 3 is 1.40 bits per heavy atom. The van der Waals surface area contributed by atoms with Gasteiger partial charge in [0.15, 0.2) is 56.6 Å². The Bertz CT molecular complexity index is 3570. The third-order valence-corrected chi connectivity index (χ3v) is 30.3. The topological polar surface area (TPSA) is 669 Å². The fourth-order valence-corrected chi connectivity index (χ4v) is 22.8. The van der Waals surface area contributed by atoms with Gasteiger partial charge >= 0.3 is 5.97 Å². The van der Waals surface area contributed by atoms with Crippen molar-refractivity contribution in [1.82, 2.24) is 0 Å². The van der Waals surface area contributed by atoms with Crippen molar-refractivity contribution >= 4 is 5.97 Å². The molecule has 5 aliphatic carbocycles. The minimum absolute atomic E-state index is 0.0554. The number of hydrogen-bond acceptors (Lipinski definition) is 42. The molecule has 0 spiro atoms. The Balaban J connectivity index is 0.761. The fourth-order valence-electron chi connectivity index (χ4n) is 22.8. The van der Waals surface area contributed by atoms with Crippen LogP contribution in [-0.4, -0.2) is 437 Å². The van der Waals surface area contributed by atoms with Crippen LogP contribution < -0.4 is 0 Å². The second-order valence-corrected chi connectivity index (χ2v) is 38.5. The lowest BCUT2D eigenvalue weighted by molar-refractivity contribution is -0.416. The zero-order valence-corrected chi connectivity index (χ0v) is 70.1. The SMILES string of the molecule is C[C@@H]1O[C@@H](O[C@@H]2[C@@H](O)[C@H](O[C@H]3[C@@H](O)[C@H](O[C@@H]4[C@@H](O)[C@H](C)O[C@@H](O[C@@H]5[C@@H](O)[C@H](O[C@H]6[C@@H](O)C[C@]7(C)[C@H]8CC=C9[C@@H]%10CC(C)(C)CC[C@]%10(C(=O)O)CC[C@@]9(C)[C@]8(C)CC[C@H]7[C@@]6(C)O)O[C@H](CO)[C@H]5O)[C@@H]4O[C@@H]4O[C@@H](C)[C@H](O[C@@H]5O[C@H](CO)[C@@H](O)[C@H](O)[C@H]5O)[C@@H](O)[C@H]4O)O[C@@H](C)[C@@H]3O[C@@H]3OC[C@H](O)[C@H](O[C@@H]4OC[C@H](O)[C@H](O)[C@H]4O)[C@H]3O)OC[C@@H]2O)[C@H](O)[C@H](O)[C@H]1O. The highest BCUT2D eigenvalue weighted by atomic mass is 16.8. The molecule has 9 saturated heterocycles. The monoisotopic (exact) mass is 1780 g/mol. The molecule has 14 rings (SSSR count). The van der Waals surface area contributed by atoms with Gasteiger partial charge in [0.25, 0.3) is 0 Å². The van der Waals surface area contributed by atoms with Crippen LogP contribution >= 0.6 is 0 Å². The van der Waals surface area contributed by atoms with E-state index >= 15 is 0 Å². The van der Waals surface area contributed by atoms with E-state index in [9.17, 15) is 127 Å². The molecule has 0 aromatic carbocycles. The predicted molar refractivity (Wildman–Crippen MR) is 401 cm³/mol. The molecule has 4 saturated carbocycles. The van der Waals surface area contributed by atoms with Gasteiger partial charge in [-0.3, -0.25) is 4.79 Å². The van der Waals surface area contributed by atoms with E-state index in [1.807, 2.05) is 0 Å². The Hall–Kier alpha value is -2.43. The molecular formula is C80H130O43. The molecule has 123 heavy (non-hydrogen) atoms. The van der Waals surface area contributed by atoms with Gasteiger partial charge in [-0.25, -0.2) is 0 Å². The smallest absolute Gasteiger partial charge is 0.310 e. The standard InChI is InChI=1S/C80H130O43/c1-26-40(87)45(92)49(96)68(109-26)118-59-35(86)25-108-67(53(59)100)120-62-55(102)71(112-29(4)57(62)116-66-52(99)58(34(85)24-107-66)117-65-48(95)42(89)33(84)23-106-65)121-61-41(88)27(2)110-73(63(61)122-69-51(98)47(94)56(28(3)111-69)115-70-50(97)46(93)43(90)36(21-81)113-70)119-60-44(91)37(22-82)114-72(54(60)101)123-64-32(83)20-76(7)38-12-11-30-31-19-75(5,6)15-17-80(31,74(103)104)18-16-77(30,8)78(38,9)14-13-39(76)79(64,10)105/h11,26-29,31-73,81-102,105H,12-25H2,1-10H3,(H,103,104)/t26-,27-,28-,29-,31-,32-,33-,34-,35-,36+,37+,38+,39+,40-,41-,42-,43+,44+,45+,46-,47-,48+,49+,50+,51+,52+,53+,54+,55+,56-,57-,58-,59-,60-,61+,62-,63+,64-,65-,66-,67-,68-,69-,70-,71-,72-,73-,76+,77+,78+,79+,80-/m0/s1. The third-order valence-electron chi connectivity index (χ3n) is 30.3. The quantitative estimate of drug-likeness (QED) is 0.0375.